The number of hydrogen-bond acceptors (Lipinski definition) is 7. The van der Waals surface area contributed by atoms with E-state index in [4.69, 9.17) is 14.2 Å². The standard InChI is InChI=1S/C21H30N2O7Si/c1-6-31(7-2,8-3)12-10-21(14-28-15(4)24)17(29-16(5)25)13-19(30-21)23-11-9-18(26)22-20(23)27/h9,11,17,19H,6-8,13-14H2,1-5H3,(H,22,26,27)/t17-,19-,21-/m1/s1. The molecule has 0 aliphatic carbocycles. The molecule has 1 aliphatic rings. The molecule has 1 aromatic heterocycles. The molecule has 2 rings (SSSR count). The van der Waals surface area contributed by atoms with Gasteiger partial charge in [-0.05, 0) is 18.1 Å². The fourth-order valence-corrected chi connectivity index (χ4v) is 6.15. The first-order valence-electron chi connectivity index (χ1n) is 10.4. The quantitative estimate of drug-likeness (QED) is 0.382. The fourth-order valence-electron chi connectivity index (χ4n) is 3.64. The number of aromatic amines is 1. The Balaban J connectivity index is 2.57. The van der Waals surface area contributed by atoms with Gasteiger partial charge in [0, 0.05) is 32.5 Å². The van der Waals surface area contributed by atoms with Crippen LogP contribution in [0.5, 0.6) is 0 Å². The van der Waals surface area contributed by atoms with Crippen molar-refractivity contribution in [2.75, 3.05) is 6.61 Å². The molecule has 1 N–H and O–H groups in total. The van der Waals surface area contributed by atoms with Crippen LogP contribution in [0.4, 0.5) is 0 Å². The number of ether oxygens (including phenoxy) is 3. The van der Waals surface area contributed by atoms with Crippen molar-refractivity contribution in [2.24, 2.45) is 0 Å². The Hall–Kier alpha value is -2.64. The molecule has 0 saturated carbocycles. The van der Waals surface area contributed by atoms with Crippen LogP contribution < -0.4 is 11.2 Å². The van der Waals surface area contributed by atoms with Crippen molar-refractivity contribution in [3.63, 3.8) is 0 Å². The number of carbonyl (C=O) groups excluding carboxylic acids is 2. The number of carbonyl (C=O) groups is 2. The van der Waals surface area contributed by atoms with E-state index in [-0.39, 0.29) is 13.0 Å². The molecule has 0 bridgehead atoms. The summed E-state index contributed by atoms with van der Waals surface area (Å²) in [6, 6.07) is 4.03. The SMILES string of the molecule is CC[Si](C#C[C@]1(COC(C)=O)O[C@@H](n2ccc(=O)[nH]c2=O)C[C@H]1OC(C)=O)(CC)CC. The van der Waals surface area contributed by atoms with Crippen molar-refractivity contribution in [3.8, 4) is 11.5 Å². The first kappa shape index (κ1) is 24.6. The van der Waals surface area contributed by atoms with Gasteiger partial charge in [-0.15, -0.1) is 5.54 Å². The van der Waals surface area contributed by atoms with Crippen LogP contribution in [0.2, 0.25) is 18.1 Å². The lowest BCUT2D eigenvalue weighted by Gasteiger charge is -2.29. The summed E-state index contributed by atoms with van der Waals surface area (Å²) < 4.78 is 18.2. The van der Waals surface area contributed by atoms with Crippen LogP contribution in [0.25, 0.3) is 0 Å². The van der Waals surface area contributed by atoms with Crippen molar-refractivity contribution >= 4 is 20.0 Å². The predicted octanol–water partition coefficient (Wildman–Crippen LogP) is 1.74. The minimum Gasteiger partial charge on any atom is -0.462 e. The lowest BCUT2D eigenvalue weighted by molar-refractivity contribution is -0.164. The number of nitrogens with zero attached hydrogens (tertiary/aromatic N) is 1. The third kappa shape index (κ3) is 5.74. The molecule has 1 fully saturated rings. The predicted molar refractivity (Wildman–Crippen MR) is 116 cm³/mol. The van der Waals surface area contributed by atoms with E-state index in [2.05, 4.69) is 37.2 Å². The first-order valence-corrected chi connectivity index (χ1v) is 13.1. The lowest BCUT2D eigenvalue weighted by atomic mass is 9.98. The van der Waals surface area contributed by atoms with Gasteiger partial charge in [-0.3, -0.25) is 23.9 Å². The first-order chi connectivity index (χ1) is 14.6. The molecule has 1 aliphatic heterocycles. The van der Waals surface area contributed by atoms with Gasteiger partial charge in [0.2, 0.25) is 5.60 Å². The zero-order chi connectivity index (χ0) is 23.2. The molecule has 1 saturated heterocycles. The average Bonchev–Trinajstić information content (AvgIpc) is 3.05. The summed E-state index contributed by atoms with van der Waals surface area (Å²) in [5, 5.41) is 0. The van der Waals surface area contributed by atoms with Crippen LogP contribution in [0.1, 0.15) is 47.3 Å². The summed E-state index contributed by atoms with van der Waals surface area (Å²) in [7, 11) is -1.92. The second-order valence-corrected chi connectivity index (χ2v) is 12.6. The summed E-state index contributed by atoms with van der Waals surface area (Å²) in [5.74, 6) is 2.11. The second-order valence-electron chi connectivity index (χ2n) is 7.68. The van der Waals surface area contributed by atoms with Crippen LogP contribution in [0, 0.1) is 11.5 Å². The molecule has 0 radical (unpaired) electrons. The molecule has 170 valence electrons. The smallest absolute Gasteiger partial charge is 0.330 e. The summed E-state index contributed by atoms with van der Waals surface area (Å²) in [6.07, 6.45) is -0.298. The summed E-state index contributed by atoms with van der Waals surface area (Å²) in [4.78, 5) is 49.3. The van der Waals surface area contributed by atoms with Gasteiger partial charge in [-0.1, -0.05) is 26.7 Å². The van der Waals surface area contributed by atoms with Gasteiger partial charge in [-0.25, -0.2) is 4.79 Å². The van der Waals surface area contributed by atoms with Gasteiger partial charge in [0.05, 0.1) is 0 Å². The van der Waals surface area contributed by atoms with Crippen LogP contribution in [0.15, 0.2) is 21.9 Å². The molecule has 9 nitrogen and oxygen atoms in total. The number of rotatable bonds is 7. The van der Waals surface area contributed by atoms with Crippen molar-refractivity contribution < 1.29 is 23.8 Å². The monoisotopic (exact) mass is 450 g/mol. The molecule has 0 unspecified atom stereocenters. The number of esters is 2. The number of nitrogens with one attached hydrogen (secondary N) is 1. The molecule has 0 amide bonds. The largest absolute Gasteiger partial charge is 0.462 e. The molecule has 31 heavy (non-hydrogen) atoms. The fraction of sp³-hybridized carbons (Fsp3) is 0.619. The van der Waals surface area contributed by atoms with E-state index in [0.29, 0.717) is 0 Å². The molecular formula is C21H30N2O7Si. The number of hydrogen-bond donors (Lipinski definition) is 1. The average molecular weight is 451 g/mol. The van der Waals surface area contributed by atoms with E-state index in [0.717, 1.165) is 18.1 Å². The molecule has 0 spiro atoms. The van der Waals surface area contributed by atoms with Crippen LogP contribution in [-0.4, -0.2) is 47.9 Å². The summed E-state index contributed by atoms with van der Waals surface area (Å²) in [5.41, 5.74) is 0.809. The molecule has 3 atom stereocenters. The van der Waals surface area contributed by atoms with Crippen molar-refractivity contribution in [1.29, 1.82) is 0 Å². The molecule has 2 heterocycles. The van der Waals surface area contributed by atoms with Gasteiger partial charge >= 0.3 is 17.6 Å². The molecule has 0 aromatic carbocycles. The van der Waals surface area contributed by atoms with Gasteiger partial charge in [-0.2, -0.15) is 0 Å². The maximum Gasteiger partial charge on any atom is 0.330 e. The third-order valence-corrected chi connectivity index (χ3v) is 10.5. The van der Waals surface area contributed by atoms with Crippen molar-refractivity contribution in [1.82, 2.24) is 9.55 Å². The van der Waals surface area contributed by atoms with E-state index in [1.54, 1.807) is 0 Å². The zero-order valence-electron chi connectivity index (χ0n) is 18.6. The Labute approximate surface area is 182 Å². The summed E-state index contributed by atoms with van der Waals surface area (Å²) in [6.45, 7) is 8.61. The highest BCUT2D eigenvalue weighted by Gasteiger charge is 2.52. The van der Waals surface area contributed by atoms with Crippen molar-refractivity contribution in [3.05, 3.63) is 33.1 Å². The molecule has 1 aromatic rings. The van der Waals surface area contributed by atoms with Crippen LogP contribution in [0.3, 0.4) is 0 Å². The minimum atomic E-state index is -1.92. The van der Waals surface area contributed by atoms with Gasteiger partial charge in [0.15, 0.2) is 0 Å². The maximum absolute atomic E-state index is 12.3. The highest BCUT2D eigenvalue weighted by atomic mass is 28.3. The lowest BCUT2D eigenvalue weighted by Crippen LogP contribution is -2.46. The Morgan fingerprint density at radius 2 is 1.87 bits per heavy atom. The third-order valence-electron chi connectivity index (χ3n) is 5.81. The van der Waals surface area contributed by atoms with E-state index in [1.165, 1.54) is 30.7 Å². The van der Waals surface area contributed by atoms with Crippen LogP contribution >= 0.6 is 0 Å². The van der Waals surface area contributed by atoms with E-state index in [1.807, 2.05) is 0 Å². The van der Waals surface area contributed by atoms with Gasteiger partial charge < -0.3 is 14.2 Å². The number of aromatic nitrogens is 2. The number of H-pyrrole nitrogens is 1. The van der Waals surface area contributed by atoms with Crippen molar-refractivity contribution in [2.45, 2.75) is 77.1 Å². The highest BCUT2D eigenvalue weighted by molar-refractivity contribution is 6.87. The Bertz CT molecular complexity index is 977. The van der Waals surface area contributed by atoms with Gasteiger partial charge in [0.1, 0.15) is 27.0 Å². The Morgan fingerprint density at radius 3 is 2.39 bits per heavy atom. The zero-order valence-corrected chi connectivity index (χ0v) is 19.6. The Kier molecular flexibility index (Phi) is 8.03. The highest BCUT2D eigenvalue weighted by Crippen LogP contribution is 2.39. The molecule has 10 heteroatoms. The topological polar surface area (TPSA) is 117 Å². The molecular weight excluding hydrogens is 420 g/mol. The van der Waals surface area contributed by atoms with E-state index < -0.39 is 49.2 Å². The van der Waals surface area contributed by atoms with E-state index >= 15 is 0 Å². The van der Waals surface area contributed by atoms with Gasteiger partial charge in [0.25, 0.3) is 5.56 Å². The normalized spacial score (nSPS) is 23.0. The van der Waals surface area contributed by atoms with E-state index in [9.17, 15) is 19.2 Å². The minimum absolute atomic E-state index is 0.112. The maximum atomic E-state index is 12.3. The van der Waals surface area contributed by atoms with Crippen LogP contribution in [-0.2, 0) is 23.8 Å². The second kappa shape index (κ2) is 10.1. The Morgan fingerprint density at radius 1 is 1.23 bits per heavy atom. The summed E-state index contributed by atoms with van der Waals surface area (Å²) >= 11 is 0.